The summed E-state index contributed by atoms with van der Waals surface area (Å²) >= 11 is 0. The first-order valence-electron chi connectivity index (χ1n) is 9.25. The largest absolute Gasteiger partial charge is 0.489 e. The van der Waals surface area contributed by atoms with Crippen molar-refractivity contribution in [1.29, 1.82) is 5.26 Å². The van der Waals surface area contributed by atoms with Gasteiger partial charge in [0.05, 0.1) is 24.9 Å². The second-order valence-corrected chi connectivity index (χ2v) is 7.15. The van der Waals surface area contributed by atoms with Crippen molar-refractivity contribution in [3.05, 3.63) is 48.0 Å². The van der Waals surface area contributed by atoms with Crippen LogP contribution in [-0.2, 0) is 6.42 Å². The second-order valence-electron chi connectivity index (χ2n) is 7.15. The Labute approximate surface area is 158 Å². The van der Waals surface area contributed by atoms with Crippen molar-refractivity contribution in [1.82, 2.24) is 14.9 Å². The van der Waals surface area contributed by atoms with Crippen LogP contribution in [0.5, 0.6) is 5.75 Å². The number of nitriles is 1. The molecular formula is C20H22FN5O. The lowest BCUT2D eigenvalue weighted by atomic mass is 10.0. The lowest BCUT2D eigenvalue weighted by Gasteiger charge is -2.42. The summed E-state index contributed by atoms with van der Waals surface area (Å²) in [7, 11) is 0. The number of benzene rings is 1. The zero-order valence-corrected chi connectivity index (χ0v) is 15.3. The van der Waals surface area contributed by atoms with Crippen LogP contribution < -0.4 is 9.64 Å². The smallest absolute Gasteiger partial charge is 0.225 e. The van der Waals surface area contributed by atoms with Crippen LogP contribution in [0.15, 0.2) is 36.7 Å². The van der Waals surface area contributed by atoms with Gasteiger partial charge in [0.25, 0.3) is 0 Å². The molecule has 2 saturated heterocycles. The Morgan fingerprint density at radius 3 is 2.67 bits per heavy atom. The number of hydrogen-bond acceptors (Lipinski definition) is 6. The first-order chi connectivity index (χ1) is 13.1. The van der Waals surface area contributed by atoms with Crippen molar-refractivity contribution < 1.29 is 9.13 Å². The van der Waals surface area contributed by atoms with Gasteiger partial charge in [0.1, 0.15) is 11.9 Å². The summed E-state index contributed by atoms with van der Waals surface area (Å²) in [6.45, 7) is 4.80. The molecule has 27 heavy (non-hydrogen) atoms. The van der Waals surface area contributed by atoms with E-state index >= 15 is 0 Å². The molecule has 2 aliphatic heterocycles. The highest BCUT2D eigenvalue weighted by molar-refractivity contribution is 5.33. The normalized spacial score (nSPS) is 25.1. The summed E-state index contributed by atoms with van der Waals surface area (Å²) in [6.07, 6.45) is 3.92. The SMILES string of the molecule is CC1[C@@H]2C[C@H](Oc3ccc(CC#N)cc3)CN2CCN1c1ncc(F)cn1. The molecule has 1 aromatic carbocycles. The van der Waals surface area contributed by atoms with Crippen LogP contribution in [0, 0.1) is 17.1 Å². The number of fused-ring (bicyclic) bond motifs is 1. The van der Waals surface area contributed by atoms with E-state index in [9.17, 15) is 4.39 Å². The molecule has 2 aliphatic rings. The summed E-state index contributed by atoms with van der Waals surface area (Å²) in [5, 5.41) is 8.76. The lowest BCUT2D eigenvalue weighted by Crippen LogP contribution is -2.56. The Hall–Kier alpha value is -2.72. The number of ether oxygens (including phenoxy) is 1. The molecule has 7 heteroatoms. The maximum absolute atomic E-state index is 13.1. The fraction of sp³-hybridized carbons (Fsp3) is 0.450. The van der Waals surface area contributed by atoms with Crippen LogP contribution in [0.3, 0.4) is 0 Å². The van der Waals surface area contributed by atoms with Crippen LogP contribution in [-0.4, -0.2) is 52.7 Å². The molecule has 0 aliphatic carbocycles. The van der Waals surface area contributed by atoms with Crippen molar-refractivity contribution >= 4 is 5.95 Å². The van der Waals surface area contributed by atoms with E-state index in [0.717, 1.165) is 37.4 Å². The molecule has 2 fully saturated rings. The Morgan fingerprint density at radius 1 is 1.22 bits per heavy atom. The second kappa shape index (κ2) is 7.49. The van der Waals surface area contributed by atoms with Gasteiger partial charge in [-0.05, 0) is 24.6 Å². The molecule has 1 unspecified atom stereocenters. The minimum absolute atomic E-state index is 0.133. The Morgan fingerprint density at radius 2 is 1.96 bits per heavy atom. The molecule has 0 radical (unpaired) electrons. The van der Waals surface area contributed by atoms with Gasteiger partial charge >= 0.3 is 0 Å². The van der Waals surface area contributed by atoms with Crippen LogP contribution in [0.4, 0.5) is 10.3 Å². The summed E-state index contributed by atoms with van der Waals surface area (Å²) in [5.74, 6) is 1.01. The molecule has 3 heterocycles. The molecule has 0 bridgehead atoms. The Kier molecular flexibility index (Phi) is 4.90. The average molecular weight is 367 g/mol. The van der Waals surface area contributed by atoms with E-state index in [1.54, 1.807) is 0 Å². The van der Waals surface area contributed by atoms with Gasteiger partial charge in [0.15, 0.2) is 5.82 Å². The fourth-order valence-electron chi connectivity index (χ4n) is 4.09. The monoisotopic (exact) mass is 367 g/mol. The maximum atomic E-state index is 13.1. The van der Waals surface area contributed by atoms with Gasteiger partial charge < -0.3 is 9.64 Å². The summed E-state index contributed by atoms with van der Waals surface area (Å²) in [4.78, 5) is 12.9. The van der Waals surface area contributed by atoms with Gasteiger partial charge in [0, 0.05) is 38.1 Å². The summed E-state index contributed by atoms with van der Waals surface area (Å²) in [6, 6.07) is 10.5. The van der Waals surface area contributed by atoms with Crippen LogP contribution in [0.25, 0.3) is 0 Å². The highest BCUT2D eigenvalue weighted by Crippen LogP contribution is 2.31. The van der Waals surface area contributed by atoms with Gasteiger partial charge in [0.2, 0.25) is 5.95 Å². The standard InChI is InChI=1S/C20H22FN5O/c1-14-19-10-18(27-17-4-2-15(3-5-17)6-7-22)13-25(19)8-9-26(14)20-23-11-16(21)12-24-20/h2-5,11-12,14,18-19H,6,8-10,13H2,1H3/t14?,18-,19-/m0/s1. The van der Waals surface area contributed by atoms with Gasteiger partial charge in [-0.15, -0.1) is 0 Å². The minimum atomic E-state index is -0.417. The lowest BCUT2D eigenvalue weighted by molar-refractivity contribution is 0.179. The predicted octanol–water partition coefficient (Wildman–Crippen LogP) is 2.41. The van der Waals surface area contributed by atoms with Crippen LogP contribution >= 0.6 is 0 Å². The van der Waals surface area contributed by atoms with Gasteiger partial charge in [-0.25, -0.2) is 14.4 Å². The maximum Gasteiger partial charge on any atom is 0.225 e. The van der Waals surface area contributed by atoms with Crippen molar-refractivity contribution in [2.75, 3.05) is 24.5 Å². The van der Waals surface area contributed by atoms with Gasteiger partial charge in [-0.3, -0.25) is 4.90 Å². The molecule has 6 nitrogen and oxygen atoms in total. The first kappa shape index (κ1) is 17.7. The molecule has 4 rings (SSSR count). The van der Waals surface area contributed by atoms with E-state index < -0.39 is 5.82 Å². The van der Waals surface area contributed by atoms with Crippen LogP contribution in [0.2, 0.25) is 0 Å². The molecule has 140 valence electrons. The first-order valence-corrected chi connectivity index (χ1v) is 9.25. The minimum Gasteiger partial charge on any atom is -0.489 e. The fourth-order valence-corrected chi connectivity index (χ4v) is 4.09. The molecule has 2 aromatic rings. The van der Waals surface area contributed by atoms with E-state index in [0.29, 0.717) is 18.4 Å². The molecule has 1 aromatic heterocycles. The summed E-state index contributed by atoms with van der Waals surface area (Å²) in [5.41, 5.74) is 0.997. The molecular weight excluding hydrogens is 345 g/mol. The molecule has 0 spiro atoms. The average Bonchev–Trinajstić information content (AvgIpc) is 3.08. The van der Waals surface area contributed by atoms with E-state index in [4.69, 9.17) is 10.00 Å². The number of halogens is 1. The van der Waals surface area contributed by atoms with E-state index in [-0.39, 0.29) is 12.1 Å². The van der Waals surface area contributed by atoms with Gasteiger partial charge in [-0.2, -0.15) is 5.26 Å². The highest BCUT2D eigenvalue weighted by atomic mass is 19.1. The quantitative estimate of drug-likeness (QED) is 0.827. The highest BCUT2D eigenvalue weighted by Gasteiger charge is 2.42. The number of nitrogens with zero attached hydrogens (tertiary/aromatic N) is 5. The Balaban J connectivity index is 1.40. The zero-order chi connectivity index (χ0) is 18.8. The Bertz CT molecular complexity index is 820. The third kappa shape index (κ3) is 3.71. The number of rotatable bonds is 4. The van der Waals surface area contributed by atoms with Crippen LogP contribution in [0.1, 0.15) is 18.9 Å². The third-order valence-corrected chi connectivity index (χ3v) is 5.46. The molecule has 0 N–H and O–H groups in total. The van der Waals surface area contributed by atoms with Crippen molar-refractivity contribution in [2.45, 2.75) is 38.0 Å². The topological polar surface area (TPSA) is 65.3 Å². The zero-order valence-electron chi connectivity index (χ0n) is 15.3. The summed E-state index contributed by atoms with van der Waals surface area (Å²) < 4.78 is 19.3. The predicted molar refractivity (Wildman–Crippen MR) is 99.0 cm³/mol. The number of aromatic nitrogens is 2. The van der Waals surface area contributed by atoms with E-state index in [1.807, 2.05) is 24.3 Å². The van der Waals surface area contributed by atoms with E-state index in [1.165, 1.54) is 12.4 Å². The van der Waals surface area contributed by atoms with Gasteiger partial charge in [-0.1, -0.05) is 12.1 Å². The van der Waals surface area contributed by atoms with E-state index in [2.05, 4.69) is 32.8 Å². The van der Waals surface area contributed by atoms with Crippen molar-refractivity contribution in [3.8, 4) is 11.8 Å². The molecule has 0 amide bonds. The number of piperazine rings is 1. The number of hydrogen-bond donors (Lipinski definition) is 0. The molecule has 3 atom stereocenters. The number of anilines is 1. The molecule has 0 saturated carbocycles. The van der Waals surface area contributed by atoms with Crippen molar-refractivity contribution in [3.63, 3.8) is 0 Å². The van der Waals surface area contributed by atoms with Crippen molar-refractivity contribution in [2.24, 2.45) is 0 Å². The third-order valence-electron chi connectivity index (χ3n) is 5.46.